The fourth-order valence-corrected chi connectivity index (χ4v) is 15.9. The molecule has 7 N–H and O–H groups in total. The fraction of sp³-hybridized carbons (Fsp3) is 0.322. The van der Waals surface area contributed by atoms with Crippen LogP contribution in [0.3, 0.4) is 0 Å². The van der Waals surface area contributed by atoms with Gasteiger partial charge in [-0.2, -0.15) is 18.4 Å². The van der Waals surface area contributed by atoms with Crippen LogP contribution in [0.15, 0.2) is 194 Å². The predicted molar refractivity (Wildman–Crippen MR) is 481 cm³/mol. The SMILES string of the molecule is CC(C)(C)OC(=O)NCC(=O)N1CCCc2ccccc21.CC(C)(C)OC(=O)NCC(=O)O.Clc1nc2ccccc2s1.N#CN(CC(=O)N1CCCc2ccccc21)c1nc2ccccc2s1.NCC(=O)N1CCCc2ccccc21.O=C(CNc1nc2ccccc2s1)N1CCCc2ccccc21.O=CC(F)(F)F.O=C[O-].[H-].[K+].[K+].c1ccc2c(c1)CCCN2. The Hall–Kier alpha value is -9.34. The number of carbonyl (C=O) groups is 9. The summed E-state index contributed by atoms with van der Waals surface area (Å²) >= 11 is 10.2. The van der Waals surface area contributed by atoms with Gasteiger partial charge >= 0.3 is 127 Å². The van der Waals surface area contributed by atoms with Crippen molar-refractivity contribution >= 4 is 170 Å². The molecule has 0 atom stereocenters. The Labute approximate surface area is 833 Å². The maximum absolute atomic E-state index is 12.8. The number of nitriles is 1. The quantitative estimate of drug-likeness (QED) is 0.0304. The Morgan fingerprint density at radius 1 is 0.532 bits per heavy atom. The summed E-state index contributed by atoms with van der Waals surface area (Å²) in [6.07, 6.45) is 5.64. The summed E-state index contributed by atoms with van der Waals surface area (Å²) in [6, 6.07) is 64.2. The number of carboxylic acids is 1. The zero-order valence-electron chi connectivity index (χ0n) is 72.5. The van der Waals surface area contributed by atoms with E-state index in [0.717, 1.165) is 130 Å². The predicted octanol–water partition coefficient (Wildman–Crippen LogP) is 9.49. The number of halogens is 4. The molecule has 36 heteroatoms. The topological polar surface area (TPSA) is 368 Å². The Morgan fingerprint density at radius 2 is 0.889 bits per heavy atom. The zero-order chi connectivity index (χ0) is 89.8. The third-order valence-corrected chi connectivity index (χ3v) is 21.5. The molecule has 0 fully saturated rings. The number of aryl methyl sites for hydroxylation is 5. The number of aliphatic carboxylic acids is 1. The first-order valence-electron chi connectivity index (χ1n) is 39.8. The molecule has 8 heterocycles. The number of amides is 6. The van der Waals surface area contributed by atoms with Gasteiger partial charge in [0.05, 0.1) is 43.7 Å². The van der Waals surface area contributed by atoms with E-state index in [4.69, 9.17) is 46.6 Å². The van der Waals surface area contributed by atoms with Gasteiger partial charge in [-0.25, -0.2) is 29.4 Å². The summed E-state index contributed by atoms with van der Waals surface area (Å²) in [5.41, 5.74) is 18.7. The molecule has 126 heavy (non-hydrogen) atoms. The van der Waals surface area contributed by atoms with E-state index in [0.29, 0.717) is 22.7 Å². The average Bonchev–Trinajstić information content (AvgIpc) is 1.79. The first kappa shape index (κ1) is 105. The Balaban J connectivity index is 0.000000263. The number of alkyl halides is 3. The Kier molecular flexibility index (Phi) is 44.7. The molecule has 11 aromatic rings. The van der Waals surface area contributed by atoms with Gasteiger partial charge < -0.3 is 72.5 Å². The van der Waals surface area contributed by atoms with Gasteiger partial charge in [0.15, 0.2) is 20.9 Å². The Bertz CT molecular complexity index is 5340. The molecule has 5 aliphatic heterocycles. The number of fused-ring (bicyclic) bond motifs is 8. The molecular formula is C90H100ClF3K2N14O13S3. The van der Waals surface area contributed by atoms with Crippen molar-refractivity contribution in [3.05, 3.63) is 226 Å². The second kappa shape index (κ2) is 53.5. The van der Waals surface area contributed by atoms with Crippen molar-refractivity contribution < 1.29 is 180 Å². The molecule has 0 bridgehead atoms. The number of alkyl carbamates (subject to hydrolysis) is 2. The number of aldehydes is 1. The summed E-state index contributed by atoms with van der Waals surface area (Å²) in [7, 11) is 0. The first-order chi connectivity index (χ1) is 59.4. The van der Waals surface area contributed by atoms with Gasteiger partial charge in [0.1, 0.15) is 30.8 Å². The number of hydrogen-bond donors (Lipinski definition) is 6. The van der Waals surface area contributed by atoms with Crippen LogP contribution in [-0.4, -0.2) is 157 Å². The van der Waals surface area contributed by atoms with E-state index in [2.05, 4.69) is 84.9 Å². The van der Waals surface area contributed by atoms with Crippen LogP contribution in [-0.2, 0) is 75.1 Å². The molecule has 0 radical (unpaired) electrons. The number of nitrogens with zero attached hydrogens (tertiary/aromatic N) is 9. The number of anilines is 7. The summed E-state index contributed by atoms with van der Waals surface area (Å²) in [4.78, 5) is 120. The first-order valence-corrected chi connectivity index (χ1v) is 42.6. The minimum Gasteiger partial charge on any atom is -1.00 e. The molecule has 6 amide bonds. The number of ether oxygens (including phenoxy) is 2. The maximum Gasteiger partial charge on any atom is 1.00 e. The van der Waals surface area contributed by atoms with Crippen molar-refractivity contribution in [1.29, 1.82) is 5.26 Å². The monoisotopic (exact) mass is 1850 g/mol. The van der Waals surface area contributed by atoms with E-state index in [9.17, 15) is 52.0 Å². The average molecular weight is 1850 g/mol. The molecule has 0 spiro atoms. The van der Waals surface area contributed by atoms with E-state index in [1.807, 2.05) is 157 Å². The van der Waals surface area contributed by atoms with E-state index >= 15 is 0 Å². The normalized spacial score (nSPS) is 12.9. The van der Waals surface area contributed by atoms with Crippen molar-refractivity contribution in [1.82, 2.24) is 25.6 Å². The molecular weight excluding hydrogens is 1750 g/mol. The van der Waals surface area contributed by atoms with Gasteiger partial charge in [0.2, 0.25) is 29.9 Å². The van der Waals surface area contributed by atoms with Crippen LogP contribution in [0.4, 0.5) is 61.5 Å². The van der Waals surface area contributed by atoms with Gasteiger partial charge in [-0.1, -0.05) is 162 Å². The van der Waals surface area contributed by atoms with E-state index < -0.39 is 54.8 Å². The van der Waals surface area contributed by atoms with Crippen LogP contribution in [0.5, 0.6) is 0 Å². The standard InChI is InChI=1S/C19H16N4OS.C18H17N3OS.C16H22N2O3.C11H14N2O.C9H11N.C7H4ClNS.C7H13NO4.C2HF3O.CH2O2.2K.H/c20-13-22(19-21-15-8-2-4-10-17(15)25-19)12-18(24)23-11-5-7-14-6-1-3-9-16(14)23;22-17(21-11-5-7-13-6-1-3-9-15(13)21)12-19-18-20-14-8-2-4-10-16(14)23-18;1-16(2,3)21-15(20)17-11-14(19)18-10-6-8-12-7-4-5-9-13(12)18;12-8-11(14)13-7-3-5-9-4-1-2-6-10(9)13;1-2-6-9-8(4-1)5-3-7-10-9;8-7-9-5-3-1-2-4-6(5)10-7;1-7(2,3)12-6(11)8-4-5(9)10;3-2(4,5)1-6;2-1-3;;;/h1-4,6,8-10H,5,7,11-12H2;1-4,6,8-10H,5,7,11-12H2,(H,19,20);4-5,7,9H,6,8,10-11H2,1-3H3,(H,17,20);1-2,4,6H,3,5,7-8,12H2;1-2,4,6,10H,3,5,7H2;1-4H;4H2,1-3H3,(H,8,11)(H,9,10);1H;1H,(H,2,3);;;/q;;;;;;;;;2*+1;-1/p-1. The van der Waals surface area contributed by atoms with Crippen molar-refractivity contribution in [2.75, 3.05) is 101 Å². The van der Waals surface area contributed by atoms with Crippen molar-refractivity contribution in [3.63, 3.8) is 0 Å². The fourth-order valence-electron chi connectivity index (χ4n) is 13.1. The third kappa shape index (κ3) is 35.0. The number of carbonyl (C=O) groups excluding carboxylic acids is 8. The molecule has 0 saturated carbocycles. The molecule has 0 aliphatic carbocycles. The molecule has 16 rings (SSSR count). The second-order valence-electron chi connectivity index (χ2n) is 29.8. The van der Waals surface area contributed by atoms with Gasteiger partial charge in [0, 0.05) is 67.6 Å². The van der Waals surface area contributed by atoms with Gasteiger partial charge in [-0.3, -0.25) is 28.8 Å². The van der Waals surface area contributed by atoms with Crippen LogP contribution in [0.1, 0.15) is 103 Å². The summed E-state index contributed by atoms with van der Waals surface area (Å²) in [5.74, 6) is -1.18. The molecule has 5 aliphatic rings. The summed E-state index contributed by atoms with van der Waals surface area (Å²) in [5, 5.41) is 38.4. The van der Waals surface area contributed by atoms with Crippen molar-refractivity contribution in [2.24, 2.45) is 5.73 Å². The number of carboxylic acid groups (broad SMARTS) is 2. The number of hydrogen-bond acceptors (Lipinski definition) is 23. The number of thiazole rings is 3. The molecule has 3 aromatic heterocycles. The third-order valence-electron chi connectivity index (χ3n) is 18.4. The molecule has 8 aromatic carbocycles. The van der Waals surface area contributed by atoms with Crippen molar-refractivity contribution in [2.45, 2.75) is 123 Å². The zero-order valence-corrected chi connectivity index (χ0v) is 80.9. The van der Waals surface area contributed by atoms with E-state index in [1.54, 1.807) is 67.6 Å². The number of benzene rings is 8. The van der Waals surface area contributed by atoms with Gasteiger partial charge in [-0.05, 0) is 200 Å². The van der Waals surface area contributed by atoms with Crippen LogP contribution in [0.2, 0.25) is 4.47 Å². The smallest absolute Gasteiger partial charge is 1.00 e. The van der Waals surface area contributed by atoms with Gasteiger partial charge in [0.25, 0.3) is 0 Å². The second-order valence-corrected chi connectivity index (χ2v) is 33.4. The maximum atomic E-state index is 12.8. The van der Waals surface area contributed by atoms with E-state index in [-0.39, 0.29) is 154 Å². The van der Waals surface area contributed by atoms with Crippen LogP contribution in [0.25, 0.3) is 30.6 Å². The number of para-hydroxylation sites is 8. The van der Waals surface area contributed by atoms with Gasteiger partial charge in [-0.15, -0.1) is 11.3 Å². The van der Waals surface area contributed by atoms with Crippen molar-refractivity contribution in [3.8, 4) is 6.19 Å². The molecule has 0 saturated heterocycles. The number of nitrogens with one attached hydrogen (secondary N) is 4. The minimum atomic E-state index is -4.64. The van der Waals surface area contributed by atoms with Crippen LogP contribution < -0.4 is 159 Å². The Morgan fingerprint density at radius 3 is 1.29 bits per heavy atom. The summed E-state index contributed by atoms with van der Waals surface area (Å²) < 4.78 is 45.0. The molecule has 27 nitrogen and oxygen atoms in total. The molecule has 656 valence electrons. The van der Waals surface area contributed by atoms with E-state index in [1.165, 1.54) is 73.9 Å². The van der Waals surface area contributed by atoms with Crippen LogP contribution >= 0.6 is 45.6 Å². The summed E-state index contributed by atoms with van der Waals surface area (Å²) in [6.45, 7) is 14.0. The minimum absolute atomic E-state index is 0. The largest absolute Gasteiger partial charge is 1.00 e. The number of nitrogens with two attached hydrogens (primary N) is 1. The molecule has 0 unspecified atom stereocenters. The van der Waals surface area contributed by atoms with Crippen LogP contribution in [0, 0.1) is 11.5 Å². The number of aromatic nitrogens is 3. The number of rotatable bonds is 11.